The molecule has 0 aromatic heterocycles. The van der Waals surface area contributed by atoms with Crippen molar-refractivity contribution in [2.24, 2.45) is 5.41 Å². The quantitative estimate of drug-likeness (QED) is 0.632. The van der Waals surface area contributed by atoms with Gasteiger partial charge in [0, 0.05) is 17.4 Å². The summed E-state index contributed by atoms with van der Waals surface area (Å²) >= 11 is 3.50. The zero-order valence-electron chi connectivity index (χ0n) is 6.69. The predicted octanol–water partition coefficient (Wildman–Crippen LogP) is 2.59. The first kappa shape index (κ1) is 8.54. The summed E-state index contributed by atoms with van der Waals surface area (Å²) in [6.45, 7) is 5.45. The molecule has 1 aliphatic rings. The lowest BCUT2D eigenvalue weighted by atomic mass is 9.87. The van der Waals surface area contributed by atoms with Crippen LogP contribution in [-0.2, 0) is 4.74 Å². The largest absolute Gasteiger partial charge is 0.378 e. The van der Waals surface area contributed by atoms with E-state index in [2.05, 4.69) is 29.8 Å². The minimum Gasteiger partial charge on any atom is -0.378 e. The monoisotopic (exact) mass is 206 g/mol. The number of hydrogen-bond acceptors (Lipinski definition) is 1. The maximum Gasteiger partial charge on any atom is 0.0634 e. The van der Waals surface area contributed by atoms with Crippen LogP contribution >= 0.6 is 15.9 Å². The Morgan fingerprint density at radius 1 is 1.60 bits per heavy atom. The van der Waals surface area contributed by atoms with Crippen LogP contribution in [0.25, 0.3) is 0 Å². The van der Waals surface area contributed by atoms with Crippen molar-refractivity contribution in [2.75, 3.05) is 11.9 Å². The van der Waals surface area contributed by atoms with Gasteiger partial charge in [0.15, 0.2) is 0 Å². The molecule has 1 unspecified atom stereocenters. The molecule has 0 saturated carbocycles. The lowest BCUT2D eigenvalue weighted by Crippen LogP contribution is -2.29. The summed E-state index contributed by atoms with van der Waals surface area (Å²) in [7, 11) is 0. The van der Waals surface area contributed by atoms with Crippen molar-refractivity contribution >= 4 is 15.9 Å². The molecule has 1 rings (SSSR count). The molecular weight excluding hydrogens is 192 g/mol. The van der Waals surface area contributed by atoms with Gasteiger partial charge < -0.3 is 4.74 Å². The number of ether oxygens (including phenoxy) is 1. The van der Waals surface area contributed by atoms with Crippen molar-refractivity contribution in [2.45, 2.75) is 32.8 Å². The second-order valence-electron chi connectivity index (χ2n) is 3.62. The van der Waals surface area contributed by atoms with Crippen LogP contribution in [0.4, 0.5) is 0 Å². The Bertz CT molecular complexity index is 106. The molecule has 1 fully saturated rings. The topological polar surface area (TPSA) is 9.23 Å². The van der Waals surface area contributed by atoms with E-state index in [4.69, 9.17) is 4.74 Å². The fourth-order valence-corrected chi connectivity index (χ4v) is 1.64. The van der Waals surface area contributed by atoms with Gasteiger partial charge >= 0.3 is 0 Å². The third kappa shape index (κ3) is 1.73. The number of hydrogen-bond donors (Lipinski definition) is 0. The van der Waals surface area contributed by atoms with Gasteiger partial charge in [-0.15, -0.1) is 0 Å². The Kier molecular flexibility index (Phi) is 2.75. The molecule has 1 heterocycles. The summed E-state index contributed by atoms with van der Waals surface area (Å²) in [5, 5.41) is 1.03. The van der Waals surface area contributed by atoms with Crippen LogP contribution in [-0.4, -0.2) is 18.0 Å². The van der Waals surface area contributed by atoms with E-state index in [1.165, 1.54) is 12.8 Å². The summed E-state index contributed by atoms with van der Waals surface area (Å²) in [5.41, 5.74) is 0.316. The molecule has 60 valence electrons. The smallest absolute Gasteiger partial charge is 0.0634 e. The minimum absolute atomic E-state index is 0.316. The second kappa shape index (κ2) is 3.22. The summed E-state index contributed by atoms with van der Waals surface area (Å²) in [5.74, 6) is 0. The van der Waals surface area contributed by atoms with Gasteiger partial charge in [-0.05, 0) is 12.8 Å². The molecule has 0 spiro atoms. The van der Waals surface area contributed by atoms with Gasteiger partial charge in [0.2, 0.25) is 0 Å². The van der Waals surface area contributed by atoms with Gasteiger partial charge in [-0.25, -0.2) is 0 Å². The van der Waals surface area contributed by atoms with Crippen LogP contribution in [0.1, 0.15) is 26.7 Å². The van der Waals surface area contributed by atoms with Gasteiger partial charge in [-0.2, -0.15) is 0 Å². The summed E-state index contributed by atoms with van der Waals surface area (Å²) in [4.78, 5) is 0. The molecule has 0 N–H and O–H groups in total. The molecule has 1 saturated heterocycles. The van der Waals surface area contributed by atoms with Gasteiger partial charge in [0.1, 0.15) is 0 Å². The van der Waals surface area contributed by atoms with E-state index in [0.717, 1.165) is 11.9 Å². The summed E-state index contributed by atoms with van der Waals surface area (Å²) in [6, 6.07) is 0. The Morgan fingerprint density at radius 3 is 2.70 bits per heavy atom. The van der Waals surface area contributed by atoms with Crippen LogP contribution in [0.5, 0.6) is 0 Å². The minimum atomic E-state index is 0.316. The molecule has 1 atom stereocenters. The average molecular weight is 207 g/mol. The van der Waals surface area contributed by atoms with Gasteiger partial charge in [0.05, 0.1) is 6.10 Å². The molecule has 10 heavy (non-hydrogen) atoms. The van der Waals surface area contributed by atoms with Crippen LogP contribution < -0.4 is 0 Å². The SMILES string of the molecule is CC(C)(CBr)C1CCCO1. The molecule has 0 amide bonds. The molecule has 1 nitrogen and oxygen atoms in total. The normalized spacial score (nSPS) is 27.3. The second-order valence-corrected chi connectivity index (χ2v) is 4.18. The predicted molar refractivity (Wildman–Crippen MR) is 46.5 cm³/mol. The highest BCUT2D eigenvalue weighted by atomic mass is 79.9. The number of halogens is 1. The van der Waals surface area contributed by atoms with Crippen molar-refractivity contribution in [1.82, 2.24) is 0 Å². The number of alkyl halides is 1. The zero-order chi connectivity index (χ0) is 7.61. The average Bonchev–Trinajstić information content (AvgIpc) is 2.38. The lowest BCUT2D eigenvalue weighted by molar-refractivity contribution is 0.0321. The fraction of sp³-hybridized carbons (Fsp3) is 1.00. The number of rotatable bonds is 2. The van der Waals surface area contributed by atoms with Crippen molar-refractivity contribution in [3.63, 3.8) is 0 Å². The highest BCUT2D eigenvalue weighted by molar-refractivity contribution is 9.09. The van der Waals surface area contributed by atoms with Crippen LogP contribution in [0.3, 0.4) is 0 Å². The van der Waals surface area contributed by atoms with E-state index >= 15 is 0 Å². The van der Waals surface area contributed by atoms with Crippen LogP contribution in [0, 0.1) is 5.41 Å². The van der Waals surface area contributed by atoms with Crippen molar-refractivity contribution in [3.05, 3.63) is 0 Å². The summed E-state index contributed by atoms with van der Waals surface area (Å²) < 4.78 is 5.58. The highest BCUT2D eigenvalue weighted by Gasteiger charge is 2.31. The molecule has 0 radical (unpaired) electrons. The van der Waals surface area contributed by atoms with E-state index in [1.54, 1.807) is 0 Å². The first-order chi connectivity index (χ1) is 4.67. The molecule has 0 aromatic rings. The molecule has 2 heteroatoms. The first-order valence-corrected chi connectivity index (χ1v) is 4.96. The van der Waals surface area contributed by atoms with E-state index in [0.29, 0.717) is 11.5 Å². The lowest BCUT2D eigenvalue weighted by Gasteiger charge is -2.28. The summed E-state index contributed by atoms with van der Waals surface area (Å²) in [6.07, 6.45) is 2.95. The molecule has 1 aliphatic heterocycles. The molecule has 0 bridgehead atoms. The van der Waals surface area contributed by atoms with Crippen molar-refractivity contribution < 1.29 is 4.74 Å². The van der Waals surface area contributed by atoms with E-state index < -0.39 is 0 Å². The Labute approximate surface area is 71.3 Å². The first-order valence-electron chi connectivity index (χ1n) is 3.84. The van der Waals surface area contributed by atoms with Gasteiger partial charge in [0.25, 0.3) is 0 Å². The maximum absolute atomic E-state index is 5.58. The Morgan fingerprint density at radius 2 is 2.30 bits per heavy atom. The van der Waals surface area contributed by atoms with Crippen molar-refractivity contribution in [1.29, 1.82) is 0 Å². The third-order valence-electron chi connectivity index (χ3n) is 2.15. The van der Waals surface area contributed by atoms with Crippen LogP contribution in [0.15, 0.2) is 0 Å². The maximum atomic E-state index is 5.58. The molecule has 0 aromatic carbocycles. The standard InChI is InChI=1S/C8H15BrO/c1-8(2,6-9)7-4-3-5-10-7/h7H,3-6H2,1-2H3. The fourth-order valence-electron chi connectivity index (χ4n) is 1.28. The molecule has 0 aliphatic carbocycles. The third-order valence-corrected chi connectivity index (χ3v) is 3.59. The van der Waals surface area contributed by atoms with Gasteiger partial charge in [-0.1, -0.05) is 29.8 Å². The Balaban J connectivity index is 2.45. The van der Waals surface area contributed by atoms with E-state index in [-0.39, 0.29) is 0 Å². The molecular formula is C8H15BrO. The van der Waals surface area contributed by atoms with Crippen LogP contribution in [0.2, 0.25) is 0 Å². The van der Waals surface area contributed by atoms with Gasteiger partial charge in [-0.3, -0.25) is 0 Å². The van der Waals surface area contributed by atoms with E-state index in [9.17, 15) is 0 Å². The zero-order valence-corrected chi connectivity index (χ0v) is 8.28. The van der Waals surface area contributed by atoms with E-state index in [1.807, 2.05) is 0 Å². The van der Waals surface area contributed by atoms with Crippen molar-refractivity contribution in [3.8, 4) is 0 Å². The highest BCUT2D eigenvalue weighted by Crippen LogP contribution is 2.32. The Hall–Kier alpha value is 0.440.